The van der Waals surface area contributed by atoms with Crippen LogP contribution in [0.1, 0.15) is 12.0 Å². The van der Waals surface area contributed by atoms with Crippen LogP contribution >= 0.6 is 11.8 Å². The number of amides is 2. The highest BCUT2D eigenvalue weighted by molar-refractivity contribution is 8.01. The lowest BCUT2D eigenvalue weighted by molar-refractivity contribution is -0.131. The van der Waals surface area contributed by atoms with E-state index in [0.717, 1.165) is 21.9 Å². The second-order valence-corrected chi connectivity index (χ2v) is 7.77. The number of ether oxygens (including phenoxy) is 2. The first-order chi connectivity index (χ1) is 13.1. The molecule has 2 amide bonds. The SMILES string of the molecule is CN(Cc1ccc2c(c1)OCCO2)C(=O)CC1Sc2ccccc2NC1=O. The molecule has 0 aromatic heterocycles. The average Bonchev–Trinajstić information content (AvgIpc) is 2.68. The zero-order valence-electron chi connectivity index (χ0n) is 14.9. The monoisotopic (exact) mass is 384 g/mol. The van der Waals surface area contributed by atoms with Gasteiger partial charge in [0.15, 0.2) is 11.5 Å². The third-order valence-corrected chi connectivity index (χ3v) is 5.79. The Morgan fingerprint density at radius 3 is 2.81 bits per heavy atom. The predicted octanol–water partition coefficient (Wildman–Crippen LogP) is 2.92. The summed E-state index contributed by atoms with van der Waals surface area (Å²) in [5, 5.41) is 2.46. The minimum Gasteiger partial charge on any atom is -0.486 e. The van der Waals surface area contributed by atoms with Crippen LogP contribution in [0.3, 0.4) is 0 Å². The molecule has 0 saturated carbocycles. The normalized spacial score (nSPS) is 17.7. The quantitative estimate of drug-likeness (QED) is 0.878. The molecule has 2 aliphatic heterocycles. The van der Waals surface area contributed by atoms with E-state index in [1.807, 2.05) is 42.5 Å². The van der Waals surface area contributed by atoms with Gasteiger partial charge in [0, 0.05) is 24.9 Å². The number of nitrogens with one attached hydrogen (secondary N) is 1. The van der Waals surface area contributed by atoms with E-state index in [0.29, 0.717) is 25.5 Å². The summed E-state index contributed by atoms with van der Waals surface area (Å²) in [4.78, 5) is 27.6. The summed E-state index contributed by atoms with van der Waals surface area (Å²) in [5.41, 5.74) is 1.77. The summed E-state index contributed by atoms with van der Waals surface area (Å²) >= 11 is 1.44. The molecule has 0 fully saturated rings. The van der Waals surface area contributed by atoms with E-state index in [4.69, 9.17) is 9.47 Å². The van der Waals surface area contributed by atoms with Crippen LogP contribution in [0.15, 0.2) is 47.4 Å². The maximum atomic E-state index is 12.6. The number of nitrogens with zero attached hydrogens (tertiary/aromatic N) is 1. The van der Waals surface area contributed by atoms with Crippen LogP contribution in [0.2, 0.25) is 0 Å². The van der Waals surface area contributed by atoms with Crippen molar-refractivity contribution in [1.82, 2.24) is 4.90 Å². The number of para-hydroxylation sites is 1. The first-order valence-corrected chi connectivity index (χ1v) is 9.67. The third kappa shape index (κ3) is 3.88. The fourth-order valence-corrected chi connectivity index (χ4v) is 4.19. The van der Waals surface area contributed by atoms with Crippen molar-refractivity contribution in [3.05, 3.63) is 48.0 Å². The maximum absolute atomic E-state index is 12.6. The number of anilines is 1. The molecule has 0 bridgehead atoms. The van der Waals surface area contributed by atoms with Gasteiger partial charge in [-0.05, 0) is 29.8 Å². The molecule has 0 aliphatic carbocycles. The van der Waals surface area contributed by atoms with E-state index in [-0.39, 0.29) is 18.2 Å². The lowest BCUT2D eigenvalue weighted by Crippen LogP contribution is -2.35. The van der Waals surface area contributed by atoms with Crippen molar-refractivity contribution in [1.29, 1.82) is 0 Å². The molecule has 1 atom stereocenters. The molecular formula is C20H20N2O4S. The molecule has 0 spiro atoms. The Hall–Kier alpha value is -2.67. The fraction of sp³-hybridized carbons (Fsp3) is 0.300. The van der Waals surface area contributed by atoms with Gasteiger partial charge in [-0.2, -0.15) is 0 Å². The van der Waals surface area contributed by atoms with Crippen LogP contribution in [0.5, 0.6) is 11.5 Å². The van der Waals surface area contributed by atoms with E-state index >= 15 is 0 Å². The highest BCUT2D eigenvalue weighted by Crippen LogP contribution is 2.37. The van der Waals surface area contributed by atoms with E-state index < -0.39 is 5.25 Å². The molecule has 140 valence electrons. The van der Waals surface area contributed by atoms with Crippen molar-refractivity contribution in [2.45, 2.75) is 23.1 Å². The lowest BCUT2D eigenvalue weighted by atomic mass is 10.1. The summed E-state index contributed by atoms with van der Waals surface area (Å²) in [5.74, 6) is 1.24. The van der Waals surface area contributed by atoms with Crippen LogP contribution < -0.4 is 14.8 Å². The molecule has 1 N–H and O–H groups in total. The molecule has 2 aromatic carbocycles. The van der Waals surface area contributed by atoms with Crippen molar-refractivity contribution in [2.75, 3.05) is 25.6 Å². The van der Waals surface area contributed by atoms with Gasteiger partial charge >= 0.3 is 0 Å². The zero-order valence-corrected chi connectivity index (χ0v) is 15.8. The Kier molecular flexibility index (Phi) is 4.94. The van der Waals surface area contributed by atoms with Crippen molar-refractivity contribution in [2.24, 2.45) is 0 Å². The second-order valence-electron chi connectivity index (χ2n) is 6.52. The Balaban J connectivity index is 1.39. The first-order valence-electron chi connectivity index (χ1n) is 8.79. The average molecular weight is 384 g/mol. The molecular weight excluding hydrogens is 364 g/mol. The summed E-state index contributed by atoms with van der Waals surface area (Å²) in [6, 6.07) is 13.3. The Bertz CT molecular complexity index is 886. The van der Waals surface area contributed by atoms with E-state index in [2.05, 4.69) is 5.32 Å². The van der Waals surface area contributed by atoms with Gasteiger partial charge in [0.2, 0.25) is 11.8 Å². The van der Waals surface area contributed by atoms with Crippen LogP contribution in [0.4, 0.5) is 5.69 Å². The van der Waals surface area contributed by atoms with Gasteiger partial charge in [0.1, 0.15) is 13.2 Å². The number of carbonyl (C=O) groups is 2. The molecule has 1 unspecified atom stereocenters. The number of rotatable bonds is 4. The fourth-order valence-electron chi connectivity index (χ4n) is 3.09. The molecule has 2 aromatic rings. The number of hydrogen-bond donors (Lipinski definition) is 1. The van der Waals surface area contributed by atoms with Crippen LogP contribution in [-0.2, 0) is 16.1 Å². The zero-order chi connectivity index (χ0) is 18.8. The van der Waals surface area contributed by atoms with Gasteiger partial charge in [-0.25, -0.2) is 0 Å². The van der Waals surface area contributed by atoms with Gasteiger partial charge in [-0.3, -0.25) is 9.59 Å². The van der Waals surface area contributed by atoms with E-state index in [9.17, 15) is 9.59 Å². The molecule has 2 aliphatic rings. The second kappa shape index (κ2) is 7.52. The third-order valence-electron chi connectivity index (χ3n) is 4.52. The van der Waals surface area contributed by atoms with Crippen molar-refractivity contribution in [3.8, 4) is 11.5 Å². The number of benzene rings is 2. The lowest BCUT2D eigenvalue weighted by Gasteiger charge is -2.26. The summed E-state index contributed by atoms with van der Waals surface area (Å²) in [6.45, 7) is 1.53. The van der Waals surface area contributed by atoms with Gasteiger partial charge in [-0.1, -0.05) is 18.2 Å². The molecule has 4 rings (SSSR count). The molecule has 2 heterocycles. The predicted molar refractivity (Wildman–Crippen MR) is 103 cm³/mol. The molecule has 27 heavy (non-hydrogen) atoms. The largest absolute Gasteiger partial charge is 0.486 e. The summed E-state index contributed by atoms with van der Waals surface area (Å²) < 4.78 is 11.1. The standard InChI is InChI=1S/C20H20N2O4S/c1-22(12-13-6-7-15-16(10-13)26-9-8-25-15)19(23)11-18-20(24)21-14-4-2-3-5-17(14)27-18/h2-7,10,18H,8-9,11-12H2,1H3,(H,21,24). The molecule has 0 saturated heterocycles. The first kappa shape index (κ1) is 17.7. The minimum atomic E-state index is -0.421. The number of thioether (sulfide) groups is 1. The minimum absolute atomic E-state index is 0.0723. The van der Waals surface area contributed by atoms with Crippen LogP contribution in [0.25, 0.3) is 0 Å². The topological polar surface area (TPSA) is 67.9 Å². The highest BCUT2D eigenvalue weighted by atomic mass is 32.2. The van der Waals surface area contributed by atoms with Crippen molar-refractivity contribution >= 4 is 29.3 Å². The Morgan fingerprint density at radius 1 is 1.19 bits per heavy atom. The smallest absolute Gasteiger partial charge is 0.238 e. The van der Waals surface area contributed by atoms with Gasteiger partial charge in [0.05, 0.1) is 10.9 Å². The highest BCUT2D eigenvalue weighted by Gasteiger charge is 2.29. The molecule has 6 nitrogen and oxygen atoms in total. The number of carbonyl (C=O) groups excluding carboxylic acids is 2. The van der Waals surface area contributed by atoms with E-state index in [1.165, 1.54) is 11.8 Å². The van der Waals surface area contributed by atoms with Crippen molar-refractivity contribution in [3.63, 3.8) is 0 Å². The molecule has 7 heteroatoms. The van der Waals surface area contributed by atoms with Crippen molar-refractivity contribution < 1.29 is 19.1 Å². The summed E-state index contributed by atoms with van der Waals surface area (Å²) in [6.07, 6.45) is 0.159. The Labute approximate surface area is 161 Å². The number of fused-ring (bicyclic) bond motifs is 2. The Morgan fingerprint density at radius 2 is 1.96 bits per heavy atom. The van der Waals surface area contributed by atoms with Crippen LogP contribution in [0, 0.1) is 0 Å². The van der Waals surface area contributed by atoms with Gasteiger partial charge in [0.25, 0.3) is 0 Å². The van der Waals surface area contributed by atoms with Crippen LogP contribution in [-0.4, -0.2) is 42.2 Å². The maximum Gasteiger partial charge on any atom is 0.238 e. The molecule has 0 radical (unpaired) electrons. The van der Waals surface area contributed by atoms with E-state index in [1.54, 1.807) is 11.9 Å². The van der Waals surface area contributed by atoms with Gasteiger partial charge < -0.3 is 19.7 Å². The number of hydrogen-bond acceptors (Lipinski definition) is 5. The summed E-state index contributed by atoms with van der Waals surface area (Å²) in [7, 11) is 1.75. The van der Waals surface area contributed by atoms with Gasteiger partial charge in [-0.15, -0.1) is 11.8 Å².